The topological polar surface area (TPSA) is 53.4 Å². The van der Waals surface area contributed by atoms with Gasteiger partial charge in [-0.15, -0.1) is 11.3 Å². The Morgan fingerprint density at radius 3 is 3.00 bits per heavy atom. The van der Waals surface area contributed by atoms with Crippen LogP contribution in [0.25, 0.3) is 21.7 Å². The summed E-state index contributed by atoms with van der Waals surface area (Å²) in [4.78, 5) is 17.8. The van der Waals surface area contributed by atoms with Gasteiger partial charge in [0.25, 0.3) is 0 Å². The molecule has 3 aromatic rings. The van der Waals surface area contributed by atoms with Crippen molar-refractivity contribution < 1.29 is 9.47 Å². The van der Waals surface area contributed by atoms with Crippen LogP contribution in [0, 0.1) is 0 Å². The first-order valence-electron chi connectivity index (χ1n) is 9.43. The maximum atomic E-state index is 12.5. The van der Waals surface area contributed by atoms with Crippen LogP contribution in [-0.4, -0.2) is 28.9 Å². The van der Waals surface area contributed by atoms with Crippen molar-refractivity contribution in [1.29, 1.82) is 0 Å². The van der Waals surface area contributed by atoms with E-state index in [2.05, 4.69) is 23.2 Å². The van der Waals surface area contributed by atoms with Crippen molar-refractivity contribution >= 4 is 22.9 Å². The zero-order chi connectivity index (χ0) is 19.1. The number of aromatic nitrogens is 2. The molecule has 1 atom stereocenters. The number of benzene rings is 1. The lowest BCUT2D eigenvalue weighted by Gasteiger charge is -2.22. The molecule has 28 heavy (non-hydrogen) atoms. The molecule has 5 rings (SSSR count). The average molecular weight is 415 g/mol. The molecule has 5 nitrogen and oxygen atoms in total. The number of fused-ring (bicyclic) bond motifs is 3. The first-order chi connectivity index (χ1) is 13.7. The number of rotatable bonds is 4. The maximum absolute atomic E-state index is 12.5. The fourth-order valence-corrected chi connectivity index (χ4v) is 4.90. The number of thiophene rings is 1. The number of halogens is 1. The number of nitrogens with zero attached hydrogens (tertiary/aromatic N) is 2. The van der Waals surface area contributed by atoms with E-state index in [0.29, 0.717) is 19.0 Å². The lowest BCUT2D eigenvalue weighted by molar-refractivity contribution is 0.0661. The van der Waals surface area contributed by atoms with E-state index in [4.69, 9.17) is 21.1 Å². The molecule has 144 valence electrons. The third-order valence-electron chi connectivity index (χ3n) is 5.27. The molecule has 2 aliphatic heterocycles. The molecule has 1 saturated heterocycles. The molecule has 1 unspecified atom stereocenters. The lowest BCUT2D eigenvalue weighted by Crippen LogP contribution is -2.29. The highest BCUT2D eigenvalue weighted by Gasteiger charge is 2.21. The lowest BCUT2D eigenvalue weighted by atomic mass is 9.95. The van der Waals surface area contributed by atoms with Crippen LogP contribution in [0.5, 0.6) is 5.88 Å². The SMILES string of the molecule is O=c1nc(OCC2CCCO2)cc2n1CCc1cc(-c3ccc(Cl)s3)ccc1-2. The monoisotopic (exact) mass is 414 g/mol. The quantitative estimate of drug-likeness (QED) is 0.634. The van der Waals surface area contributed by atoms with Gasteiger partial charge in [0.1, 0.15) is 6.61 Å². The van der Waals surface area contributed by atoms with Crippen molar-refractivity contribution in [2.24, 2.45) is 0 Å². The summed E-state index contributed by atoms with van der Waals surface area (Å²) in [6.07, 6.45) is 2.93. The minimum Gasteiger partial charge on any atom is -0.475 e. The second kappa shape index (κ2) is 7.35. The molecule has 1 fully saturated rings. The van der Waals surface area contributed by atoms with Gasteiger partial charge in [0, 0.05) is 29.7 Å². The van der Waals surface area contributed by atoms with Gasteiger partial charge in [-0.2, -0.15) is 4.98 Å². The zero-order valence-electron chi connectivity index (χ0n) is 15.2. The van der Waals surface area contributed by atoms with Crippen LogP contribution in [-0.2, 0) is 17.7 Å². The van der Waals surface area contributed by atoms with Gasteiger partial charge in [-0.25, -0.2) is 4.79 Å². The Labute approximate surface area is 171 Å². The van der Waals surface area contributed by atoms with Gasteiger partial charge < -0.3 is 9.47 Å². The van der Waals surface area contributed by atoms with Crippen LogP contribution in [0.3, 0.4) is 0 Å². The third kappa shape index (κ3) is 3.36. The second-order valence-electron chi connectivity index (χ2n) is 7.09. The van der Waals surface area contributed by atoms with Crippen molar-refractivity contribution in [2.45, 2.75) is 31.9 Å². The number of hydrogen-bond donors (Lipinski definition) is 0. The highest BCUT2D eigenvalue weighted by atomic mass is 35.5. The van der Waals surface area contributed by atoms with Crippen LogP contribution in [0.1, 0.15) is 18.4 Å². The Kier molecular flexibility index (Phi) is 4.70. The molecule has 7 heteroatoms. The fraction of sp³-hybridized carbons (Fsp3) is 0.333. The molecule has 1 aromatic carbocycles. The number of hydrogen-bond acceptors (Lipinski definition) is 5. The third-order valence-corrected chi connectivity index (χ3v) is 6.55. The zero-order valence-corrected chi connectivity index (χ0v) is 16.8. The van der Waals surface area contributed by atoms with E-state index in [9.17, 15) is 4.79 Å². The summed E-state index contributed by atoms with van der Waals surface area (Å²) < 4.78 is 13.9. The highest BCUT2D eigenvalue weighted by Crippen LogP contribution is 2.36. The molecule has 0 amide bonds. The molecule has 2 aliphatic rings. The Balaban J connectivity index is 1.48. The first-order valence-corrected chi connectivity index (χ1v) is 10.6. The fourth-order valence-electron chi connectivity index (χ4n) is 3.86. The van der Waals surface area contributed by atoms with Crippen LogP contribution in [0.4, 0.5) is 0 Å². The van der Waals surface area contributed by atoms with Crippen LogP contribution in [0.2, 0.25) is 4.34 Å². The Morgan fingerprint density at radius 2 is 2.21 bits per heavy atom. The maximum Gasteiger partial charge on any atom is 0.351 e. The van der Waals surface area contributed by atoms with E-state index in [1.54, 1.807) is 15.9 Å². The summed E-state index contributed by atoms with van der Waals surface area (Å²) in [7, 11) is 0. The Morgan fingerprint density at radius 1 is 1.29 bits per heavy atom. The first kappa shape index (κ1) is 17.9. The number of aryl methyl sites for hydroxylation is 1. The molecule has 0 N–H and O–H groups in total. The van der Waals surface area contributed by atoms with Gasteiger partial charge in [0.05, 0.1) is 16.1 Å². The van der Waals surface area contributed by atoms with E-state index >= 15 is 0 Å². The van der Waals surface area contributed by atoms with Gasteiger partial charge in [-0.05, 0) is 48.6 Å². The summed E-state index contributed by atoms with van der Waals surface area (Å²) >= 11 is 7.65. The minimum atomic E-state index is -0.264. The number of ether oxygens (including phenoxy) is 2. The van der Waals surface area contributed by atoms with Crippen molar-refractivity contribution in [2.75, 3.05) is 13.2 Å². The van der Waals surface area contributed by atoms with E-state index in [0.717, 1.165) is 51.9 Å². The van der Waals surface area contributed by atoms with Gasteiger partial charge in [0.2, 0.25) is 5.88 Å². The van der Waals surface area contributed by atoms with Crippen molar-refractivity contribution in [3.8, 4) is 27.6 Å². The second-order valence-corrected chi connectivity index (χ2v) is 8.80. The summed E-state index contributed by atoms with van der Waals surface area (Å²) in [5, 5.41) is 0. The Bertz CT molecular complexity index is 1090. The predicted molar refractivity (Wildman–Crippen MR) is 110 cm³/mol. The van der Waals surface area contributed by atoms with Crippen LogP contribution >= 0.6 is 22.9 Å². The molecule has 0 saturated carbocycles. The van der Waals surface area contributed by atoms with Crippen LogP contribution in [0.15, 0.2) is 41.2 Å². The van der Waals surface area contributed by atoms with E-state index in [-0.39, 0.29) is 11.8 Å². The van der Waals surface area contributed by atoms with E-state index in [1.165, 1.54) is 5.56 Å². The van der Waals surface area contributed by atoms with E-state index < -0.39 is 0 Å². The van der Waals surface area contributed by atoms with E-state index in [1.807, 2.05) is 18.2 Å². The normalized spacial score (nSPS) is 18.0. The van der Waals surface area contributed by atoms with Gasteiger partial charge in [-0.1, -0.05) is 23.7 Å². The van der Waals surface area contributed by atoms with Gasteiger partial charge in [-0.3, -0.25) is 4.57 Å². The standard InChI is InChI=1S/C21H19ClN2O3S/c22-19-6-5-18(28-19)14-3-4-16-13(10-14)7-8-24-17(16)11-20(23-21(24)25)27-12-15-2-1-9-26-15/h3-6,10-11,15H,1-2,7-9,12H2. The molecule has 0 aliphatic carbocycles. The molecule has 4 heterocycles. The van der Waals surface area contributed by atoms with Crippen molar-refractivity contribution in [1.82, 2.24) is 9.55 Å². The van der Waals surface area contributed by atoms with Crippen molar-refractivity contribution in [3.05, 3.63) is 56.8 Å². The smallest absolute Gasteiger partial charge is 0.351 e. The largest absolute Gasteiger partial charge is 0.475 e. The highest BCUT2D eigenvalue weighted by molar-refractivity contribution is 7.19. The van der Waals surface area contributed by atoms with Gasteiger partial charge >= 0.3 is 5.69 Å². The summed E-state index contributed by atoms with van der Waals surface area (Å²) in [6.45, 7) is 1.83. The van der Waals surface area contributed by atoms with Crippen molar-refractivity contribution in [3.63, 3.8) is 0 Å². The molecule has 0 bridgehead atoms. The summed E-state index contributed by atoms with van der Waals surface area (Å²) in [5.74, 6) is 0.369. The summed E-state index contributed by atoms with van der Waals surface area (Å²) in [6, 6.07) is 12.2. The molecule has 0 spiro atoms. The molecular weight excluding hydrogens is 396 g/mol. The average Bonchev–Trinajstić information content (AvgIpc) is 3.37. The molecular formula is C21H19ClN2O3S. The predicted octanol–water partition coefficient (Wildman–Crippen LogP) is 4.41. The molecule has 2 aromatic heterocycles. The van der Waals surface area contributed by atoms with Gasteiger partial charge in [0.15, 0.2) is 0 Å². The Hall–Kier alpha value is -2.15. The molecule has 0 radical (unpaired) electrons. The van der Waals surface area contributed by atoms with Crippen LogP contribution < -0.4 is 10.4 Å². The minimum absolute atomic E-state index is 0.0908. The summed E-state index contributed by atoms with van der Waals surface area (Å²) in [5.41, 5.74) is 4.02.